The Hall–Kier alpha value is -0.630. The van der Waals surface area contributed by atoms with E-state index in [-0.39, 0.29) is 10.8 Å². The Morgan fingerprint density at radius 2 is 1.90 bits per heavy atom. The van der Waals surface area contributed by atoms with Crippen LogP contribution in [0.5, 0.6) is 0 Å². The molecule has 4 atom stereocenters. The van der Waals surface area contributed by atoms with Crippen LogP contribution in [-0.4, -0.2) is 25.1 Å². The molecule has 2 nitrogen and oxygen atoms in total. The van der Waals surface area contributed by atoms with Crippen molar-refractivity contribution in [3.63, 3.8) is 0 Å². The van der Waals surface area contributed by atoms with Crippen molar-refractivity contribution in [1.29, 1.82) is 0 Å². The molecule has 1 unspecified atom stereocenters. The highest BCUT2D eigenvalue weighted by Gasteiger charge is 2.67. The van der Waals surface area contributed by atoms with Crippen LogP contribution < -0.4 is 0 Å². The van der Waals surface area contributed by atoms with Crippen molar-refractivity contribution in [2.24, 2.45) is 16.7 Å². The molecule has 0 heterocycles. The fraction of sp³-hybridized carbons (Fsp3) is 0.833. The van der Waals surface area contributed by atoms with E-state index in [1.807, 2.05) is 6.92 Å². The molecule has 20 heavy (non-hydrogen) atoms. The molecule has 0 N–H and O–H groups in total. The summed E-state index contributed by atoms with van der Waals surface area (Å²) >= 11 is 0. The van der Waals surface area contributed by atoms with Gasteiger partial charge in [0.05, 0.1) is 0 Å². The predicted molar refractivity (Wildman–Crippen MR) is 83.6 cm³/mol. The van der Waals surface area contributed by atoms with Gasteiger partial charge in [0.2, 0.25) is 6.61 Å². The number of hydrogen-bond donors (Lipinski definition) is 0. The quantitative estimate of drug-likeness (QED) is 0.419. The zero-order valence-electron chi connectivity index (χ0n) is 14.2. The summed E-state index contributed by atoms with van der Waals surface area (Å²) in [4.78, 5) is 0. The van der Waals surface area contributed by atoms with Crippen LogP contribution in [0.15, 0.2) is 11.1 Å². The van der Waals surface area contributed by atoms with Crippen molar-refractivity contribution in [1.82, 2.24) is 0 Å². The third-order valence-corrected chi connectivity index (χ3v) is 6.41. The summed E-state index contributed by atoms with van der Waals surface area (Å²) < 4.78 is 12.0. The molecule has 0 aliphatic heterocycles. The average Bonchev–Trinajstić information content (AvgIpc) is 2.68. The zero-order chi connectivity index (χ0) is 15.2. The molecule has 2 aliphatic rings. The summed E-state index contributed by atoms with van der Waals surface area (Å²) in [5.74, 6) is 0.555. The smallest absolute Gasteiger partial charge is 0.215 e. The molecular formula is C18H30O2. The van der Waals surface area contributed by atoms with Crippen LogP contribution in [0.3, 0.4) is 0 Å². The molecule has 0 amide bonds. The van der Waals surface area contributed by atoms with Crippen LogP contribution in [0.2, 0.25) is 0 Å². The molecule has 0 radical (unpaired) electrons. The van der Waals surface area contributed by atoms with E-state index in [4.69, 9.17) is 9.16 Å². The maximum Gasteiger partial charge on any atom is 0.215 e. The van der Waals surface area contributed by atoms with E-state index >= 15 is 0 Å². The minimum Gasteiger partial charge on any atom is -0.454 e. The van der Waals surface area contributed by atoms with E-state index in [9.17, 15) is 0 Å². The van der Waals surface area contributed by atoms with Crippen LogP contribution >= 0.6 is 0 Å². The summed E-state index contributed by atoms with van der Waals surface area (Å²) in [7, 11) is 0. The third kappa shape index (κ3) is 1.70. The highest BCUT2D eigenvalue weighted by molar-refractivity contribution is 5.71. The Kier molecular flexibility index (Phi) is 3.92. The molecule has 0 saturated heterocycles. The molecular weight excluding hydrogens is 248 g/mol. The second-order valence-electron chi connectivity index (χ2n) is 6.98. The van der Waals surface area contributed by atoms with Gasteiger partial charge >= 0.3 is 0 Å². The lowest BCUT2D eigenvalue weighted by Gasteiger charge is -2.48. The normalized spacial score (nSPS) is 44.0. The van der Waals surface area contributed by atoms with Crippen molar-refractivity contribution in [3.05, 3.63) is 11.1 Å². The average molecular weight is 278 g/mol. The molecule has 2 rings (SSSR count). The minimum absolute atomic E-state index is 0.00380. The van der Waals surface area contributed by atoms with Gasteiger partial charge in [-0.05, 0) is 38.0 Å². The van der Waals surface area contributed by atoms with Crippen LogP contribution in [0, 0.1) is 16.7 Å². The van der Waals surface area contributed by atoms with Crippen LogP contribution in [-0.2, 0) is 9.16 Å². The Morgan fingerprint density at radius 1 is 1.25 bits per heavy atom. The molecule has 0 spiro atoms. The fourth-order valence-corrected chi connectivity index (χ4v) is 4.58. The summed E-state index contributed by atoms with van der Waals surface area (Å²) in [5.41, 5.74) is 2.83. The van der Waals surface area contributed by atoms with E-state index in [1.54, 1.807) is 5.57 Å². The summed E-state index contributed by atoms with van der Waals surface area (Å²) in [6, 6.07) is 0. The van der Waals surface area contributed by atoms with E-state index in [0.29, 0.717) is 12.5 Å². The maximum atomic E-state index is 6.36. The van der Waals surface area contributed by atoms with Crippen molar-refractivity contribution in [2.75, 3.05) is 13.2 Å². The van der Waals surface area contributed by atoms with Gasteiger partial charge in [-0.1, -0.05) is 38.8 Å². The zero-order valence-corrected chi connectivity index (χ0v) is 14.2. The first-order chi connectivity index (χ1) is 9.30. The first-order valence-electron chi connectivity index (χ1n) is 8.01. The number of fused-ring (bicyclic) bond motifs is 2. The van der Waals surface area contributed by atoms with Crippen molar-refractivity contribution < 1.29 is 9.16 Å². The van der Waals surface area contributed by atoms with Crippen LogP contribution in [0.25, 0.3) is 0 Å². The van der Waals surface area contributed by atoms with Gasteiger partial charge in [-0.25, -0.2) is 0 Å². The Labute approximate surface area is 124 Å². The highest BCUT2D eigenvalue weighted by Crippen LogP contribution is 2.71. The molecule has 114 valence electrons. The topological polar surface area (TPSA) is 20.5 Å². The maximum absolute atomic E-state index is 6.36. The summed E-state index contributed by atoms with van der Waals surface area (Å²) in [5, 5.41) is 0. The van der Waals surface area contributed by atoms with Crippen LogP contribution in [0.4, 0.5) is 0 Å². The lowest BCUT2D eigenvalue weighted by molar-refractivity contribution is -0.0689. The van der Waals surface area contributed by atoms with E-state index in [1.165, 1.54) is 5.57 Å². The SMILES string of the molecule is CCCO[C@]1([C-]=[O+]CC)C[C@]2(C)C(C)=C(C)[C@@]1(C)C2C. The van der Waals surface area contributed by atoms with Crippen LogP contribution in [0.1, 0.15) is 61.3 Å². The Balaban J connectivity index is 2.53. The summed E-state index contributed by atoms with van der Waals surface area (Å²) in [6.07, 6.45) is 5.31. The van der Waals surface area contributed by atoms with E-state index in [2.05, 4.69) is 47.8 Å². The fourth-order valence-electron chi connectivity index (χ4n) is 4.58. The second kappa shape index (κ2) is 4.98. The second-order valence-corrected chi connectivity index (χ2v) is 6.98. The van der Waals surface area contributed by atoms with Gasteiger partial charge in [0.25, 0.3) is 0 Å². The van der Waals surface area contributed by atoms with Gasteiger partial charge in [-0.15, -0.1) is 0 Å². The Bertz CT molecular complexity index is 450. The lowest BCUT2D eigenvalue weighted by atomic mass is 9.68. The monoisotopic (exact) mass is 278 g/mol. The molecule has 2 aliphatic carbocycles. The molecule has 1 fully saturated rings. The third-order valence-electron chi connectivity index (χ3n) is 6.41. The lowest BCUT2D eigenvalue weighted by Crippen LogP contribution is -2.50. The van der Waals surface area contributed by atoms with E-state index in [0.717, 1.165) is 19.4 Å². The summed E-state index contributed by atoms with van der Waals surface area (Å²) in [6.45, 7) is 17.2. The molecule has 1 saturated carbocycles. The van der Waals surface area contributed by atoms with Gasteiger partial charge in [0, 0.05) is 30.8 Å². The van der Waals surface area contributed by atoms with Gasteiger partial charge in [0.15, 0.2) is 0 Å². The molecule has 2 bridgehead atoms. The number of hydrogen-bond acceptors (Lipinski definition) is 1. The van der Waals surface area contributed by atoms with Gasteiger partial charge < -0.3 is 9.16 Å². The van der Waals surface area contributed by atoms with Gasteiger partial charge in [-0.3, -0.25) is 0 Å². The molecule has 0 aromatic rings. The Morgan fingerprint density at radius 3 is 2.35 bits per heavy atom. The predicted octanol–water partition coefficient (Wildman–Crippen LogP) is 4.22. The number of allylic oxidation sites excluding steroid dienone is 1. The van der Waals surface area contributed by atoms with Crippen molar-refractivity contribution in [3.8, 4) is 0 Å². The number of rotatable bonds is 5. The van der Waals surface area contributed by atoms with E-state index < -0.39 is 5.60 Å². The van der Waals surface area contributed by atoms with Gasteiger partial charge in [0.1, 0.15) is 0 Å². The molecule has 0 aromatic heterocycles. The molecule has 2 heteroatoms. The first kappa shape index (κ1) is 15.8. The van der Waals surface area contributed by atoms with Gasteiger partial charge in [-0.2, -0.15) is 0 Å². The number of ether oxygens (including phenoxy) is 1. The minimum atomic E-state index is -0.392. The van der Waals surface area contributed by atoms with Crippen molar-refractivity contribution in [2.45, 2.75) is 66.9 Å². The van der Waals surface area contributed by atoms with Crippen molar-refractivity contribution >= 4 is 6.29 Å². The number of carbonyl (C=O) groups excluding carboxylic acids is 1. The first-order valence-corrected chi connectivity index (χ1v) is 8.01. The molecule has 0 aromatic carbocycles. The largest absolute Gasteiger partial charge is 0.454 e. The standard InChI is InChI=1S/C18H30O2/c1-8-10-20-18(12-19-9-2)11-16(6)13(3)14(4)17(18,7)15(16)5/h15H,8-11H2,1-7H3/t15?,16-,17+,18+/m1/s1. The highest BCUT2D eigenvalue weighted by atomic mass is 16.5.